The topological polar surface area (TPSA) is 53.1 Å². The molecule has 1 aliphatic rings. The summed E-state index contributed by atoms with van der Waals surface area (Å²) in [5.74, 6) is 0. The van der Waals surface area contributed by atoms with Gasteiger partial charge in [-0.05, 0) is 31.2 Å². The van der Waals surface area contributed by atoms with Crippen molar-refractivity contribution in [3.8, 4) is 0 Å². The first-order chi connectivity index (χ1) is 7.25. The van der Waals surface area contributed by atoms with Crippen LogP contribution in [0.2, 0.25) is 0 Å². The molecule has 0 aromatic carbocycles. The van der Waals surface area contributed by atoms with Crippen molar-refractivity contribution < 1.29 is 4.74 Å². The van der Waals surface area contributed by atoms with E-state index < -0.39 is 0 Å². The van der Waals surface area contributed by atoms with Gasteiger partial charge in [-0.25, -0.2) is 0 Å². The summed E-state index contributed by atoms with van der Waals surface area (Å²) in [5.41, 5.74) is 7.34. The number of rotatable bonds is 4. The van der Waals surface area contributed by atoms with Gasteiger partial charge in [0.2, 0.25) is 0 Å². The van der Waals surface area contributed by atoms with E-state index in [4.69, 9.17) is 10.5 Å². The number of ether oxygens (including phenoxy) is 1. The Morgan fingerprint density at radius 1 is 1.73 bits per heavy atom. The Labute approximate surface area is 90.4 Å². The maximum atomic E-state index is 6.08. The van der Waals surface area contributed by atoms with Gasteiger partial charge in [-0.2, -0.15) is 5.10 Å². The Morgan fingerprint density at radius 2 is 2.60 bits per heavy atom. The molecule has 1 aromatic heterocycles. The molecule has 0 amide bonds. The zero-order chi connectivity index (χ0) is 10.7. The van der Waals surface area contributed by atoms with Crippen LogP contribution in [-0.2, 0) is 18.2 Å². The molecule has 1 aliphatic heterocycles. The molecule has 84 valence electrons. The molecule has 1 saturated heterocycles. The van der Waals surface area contributed by atoms with Gasteiger partial charge in [0.25, 0.3) is 0 Å². The van der Waals surface area contributed by atoms with E-state index in [1.165, 1.54) is 5.56 Å². The smallest absolute Gasteiger partial charge is 0.0726 e. The van der Waals surface area contributed by atoms with Gasteiger partial charge in [0.05, 0.1) is 12.3 Å². The zero-order valence-electron chi connectivity index (χ0n) is 9.22. The van der Waals surface area contributed by atoms with Crippen molar-refractivity contribution in [3.05, 3.63) is 18.0 Å². The van der Waals surface area contributed by atoms with E-state index in [1.54, 1.807) is 0 Å². The SMILES string of the molecule is Cn1cc(CCC(N)C2CCCO2)cn1. The number of aryl methyl sites for hydroxylation is 2. The largest absolute Gasteiger partial charge is 0.377 e. The molecule has 2 atom stereocenters. The molecule has 4 heteroatoms. The molecule has 2 heterocycles. The van der Waals surface area contributed by atoms with Crippen LogP contribution in [0.1, 0.15) is 24.8 Å². The highest BCUT2D eigenvalue weighted by Crippen LogP contribution is 2.17. The third kappa shape index (κ3) is 2.79. The Morgan fingerprint density at radius 3 is 3.20 bits per heavy atom. The minimum atomic E-state index is 0.174. The van der Waals surface area contributed by atoms with Gasteiger partial charge in [-0.3, -0.25) is 4.68 Å². The summed E-state index contributed by atoms with van der Waals surface area (Å²) in [6, 6.07) is 0.174. The second kappa shape index (κ2) is 4.77. The third-order valence-corrected chi connectivity index (χ3v) is 2.97. The summed E-state index contributed by atoms with van der Waals surface area (Å²) in [6.45, 7) is 0.880. The Balaban J connectivity index is 1.77. The molecular formula is C11H19N3O. The lowest BCUT2D eigenvalue weighted by molar-refractivity contribution is 0.0877. The lowest BCUT2D eigenvalue weighted by Crippen LogP contribution is -2.34. The summed E-state index contributed by atoms with van der Waals surface area (Å²) in [4.78, 5) is 0. The number of nitrogens with zero attached hydrogens (tertiary/aromatic N) is 2. The fourth-order valence-electron chi connectivity index (χ4n) is 2.06. The first-order valence-electron chi connectivity index (χ1n) is 5.60. The molecule has 0 spiro atoms. The van der Waals surface area contributed by atoms with Crippen molar-refractivity contribution in [2.75, 3.05) is 6.61 Å². The van der Waals surface area contributed by atoms with Crippen molar-refractivity contribution in [1.29, 1.82) is 0 Å². The van der Waals surface area contributed by atoms with Crippen LogP contribution in [0.25, 0.3) is 0 Å². The van der Waals surface area contributed by atoms with E-state index in [0.717, 1.165) is 32.3 Å². The Kier molecular flexibility index (Phi) is 3.38. The average Bonchev–Trinajstić information content (AvgIpc) is 2.84. The van der Waals surface area contributed by atoms with Gasteiger partial charge in [0.15, 0.2) is 0 Å². The van der Waals surface area contributed by atoms with Gasteiger partial charge in [0, 0.05) is 25.9 Å². The van der Waals surface area contributed by atoms with Gasteiger partial charge in [-0.1, -0.05) is 0 Å². The van der Waals surface area contributed by atoms with E-state index in [0.29, 0.717) is 0 Å². The molecule has 4 nitrogen and oxygen atoms in total. The van der Waals surface area contributed by atoms with Crippen LogP contribution >= 0.6 is 0 Å². The van der Waals surface area contributed by atoms with E-state index in [9.17, 15) is 0 Å². The first-order valence-corrected chi connectivity index (χ1v) is 5.60. The lowest BCUT2D eigenvalue weighted by Gasteiger charge is -2.17. The van der Waals surface area contributed by atoms with Crippen molar-refractivity contribution >= 4 is 0 Å². The summed E-state index contributed by atoms with van der Waals surface area (Å²) < 4.78 is 7.39. The zero-order valence-corrected chi connectivity index (χ0v) is 9.22. The minimum Gasteiger partial charge on any atom is -0.377 e. The summed E-state index contributed by atoms with van der Waals surface area (Å²) >= 11 is 0. The molecule has 15 heavy (non-hydrogen) atoms. The maximum absolute atomic E-state index is 6.08. The third-order valence-electron chi connectivity index (χ3n) is 2.97. The van der Waals surface area contributed by atoms with Crippen molar-refractivity contribution in [2.24, 2.45) is 12.8 Å². The molecule has 0 saturated carbocycles. The Hall–Kier alpha value is -0.870. The normalized spacial score (nSPS) is 23.2. The number of aromatic nitrogens is 2. The van der Waals surface area contributed by atoms with E-state index in [1.807, 2.05) is 24.1 Å². The van der Waals surface area contributed by atoms with Crippen molar-refractivity contribution in [1.82, 2.24) is 9.78 Å². The summed E-state index contributed by atoms with van der Waals surface area (Å²) in [6.07, 6.45) is 8.48. The van der Waals surface area contributed by atoms with Crippen LogP contribution in [0, 0.1) is 0 Å². The fourth-order valence-corrected chi connectivity index (χ4v) is 2.06. The monoisotopic (exact) mass is 209 g/mol. The van der Waals surface area contributed by atoms with E-state index in [-0.39, 0.29) is 12.1 Å². The average molecular weight is 209 g/mol. The van der Waals surface area contributed by atoms with Crippen LogP contribution in [0.5, 0.6) is 0 Å². The molecule has 2 N–H and O–H groups in total. The Bertz CT molecular complexity index is 305. The molecule has 2 rings (SSSR count). The molecule has 0 bridgehead atoms. The molecule has 2 unspecified atom stereocenters. The number of hydrogen-bond donors (Lipinski definition) is 1. The molecule has 1 aromatic rings. The summed E-state index contributed by atoms with van der Waals surface area (Å²) in [5, 5.41) is 4.14. The van der Waals surface area contributed by atoms with Crippen LogP contribution < -0.4 is 5.73 Å². The van der Waals surface area contributed by atoms with Gasteiger partial charge in [-0.15, -0.1) is 0 Å². The van der Waals surface area contributed by atoms with Crippen LogP contribution in [0.15, 0.2) is 12.4 Å². The molecular weight excluding hydrogens is 190 g/mol. The number of nitrogens with two attached hydrogens (primary N) is 1. The minimum absolute atomic E-state index is 0.174. The second-order valence-corrected chi connectivity index (χ2v) is 4.28. The predicted octanol–water partition coefficient (Wildman–Crippen LogP) is 0.859. The first kappa shape index (κ1) is 10.6. The highest BCUT2D eigenvalue weighted by atomic mass is 16.5. The van der Waals surface area contributed by atoms with Gasteiger partial charge in [0.1, 0.15) is 0 Å². The second-order valence-electron chi connectivity index (χ2n) is 4.28. The van der Waals surface area contributed by atoms with Crippen LogP contribution in [0.4, 0.5) is 0 Å². The van der Waals surface area contributed by atoms with E-state index in [2.05, 4.69) is 5.10 Å². The predicted molar refractivity (Wildman–Crippen MR) is 58.5 cm³/mol. The maximum Gasteiger partial charge on any atom is 0.0726 e. The highest BCUT2D eigenvalue weighted by molar-refractivity contribution is 5.04. The van der Waals surface area contributed by atoms with Crippen molar-refractivity contribution in [2.45, 2.75) is 37.8 Å². The lowest BCUT2D eigenvalue weighted by atomic mass is 10.0. The number of hydrogen-bond acceptors (Lipinski definition) is 3. The molecule has 0 radical (unpaired) electrons. The van der Waals surface area contributed by atoms with Crippen LogP contribution in [-0.4, -0.2) is 28.5 Å². The summed E-state index contributed by atoms with van der Waals surface area (Å²) in [7, 11) is 1.93. The molecule has 0 aliphatic carbocycles. The van der Waals surface area contributed by atoms with Crippen molar-refractivity contribution in [3.63, 3.8) is 0 Å². The van der Waals surface area contributed by atoms with Crippen LogP contribution in [0.3, 0.4) is 0 Å². The van der Waals surface area contributed by atoms with Gasteiger partial charge >= 0.3 is 0 Å². The van der Waals surface area contributed by atoms with Gasteiger partial charge < -0.3 is 10.5 Å². The standard InChI is InChI=1S/C11H19N3O/c1-14-8-9(7-13-14)4-5-10(12)11-3-2-6-15-11/h7-8,10-11H,2-6,12H2,1H3. The highest BCUT2D eigenvalue weighted by Gasteiger charge is 2.22. The quantitative estimate of drug-likeness (QED) is 0.800. The van der Waals surface area contributed by atoms with E-state index >= 15 is 0 Å². The fraction of sp³-hybridized carbons (Fsp3) is 0.727. The molecule has 1 fully saturated rings.